The van der Waals surface area contributed by atoms with Gasteiger partial charge in [0.15, 0.2) is 0 Å². The van der Waals surface area contributed by atoms with Crippen molar-refractivity contribution in [3.63, 3.8) is 0 Å². The fourth-order valence-corrected chi connectivity index (χ4v) is 2.29. The van der Waals surface area contributed by atoms with E-state index in [1.165, 1.54) is 4.90 Å². The van der Waals surface area contributed by atoms with Gasteiger partial charge in [-0.3, -0.25) is 4.90 Å². The summed E-state index contributed by atoms with van der Waals surface area (Å²) in [6.07, 6.45) is 0.167. The van der Waals surface area contributed by atoms with Gasteiger partial charge in [0.2, 0.25) is 0 Å². The summed E-state index contributed by atoms with van der Waals surface area (Å²) in [6.45, 7) is 12.3. The zero-order valence-corrected chi connectivity index (χ0v) is 14.7. The van der Waals surface area contributed by atoms with Crippen molar-refractivity contribution in [3.05, 3.63) is 0 Å². The van der Waals surface area contributed by atoms with Crippen LogP contribution in [0.4, 0.5) is 4.79 Å². The molecule has 6 heteroatoms. The van der Waals surface area contributed by atoms with E-state index in [-0.39, 0.29) is 6.54 Å². The number of ether oxygens (including phenoxy) is 2. The molecule has 1 aliphatic rings. The smallest absolute Gasteiger partial charge is 0.411 e. The second-order valence-corrected chi connectivity index (χ2v) is 8.19. The van der Waals surface area contributed by atoms with E-state index >= 15 is 0 Å². The number of aliphatic hydroxyl groups is 1. The number of piperidine rings is 1. The number of hydrogen-bond acceptors (Lipinski definition) is 5. The second kappa shape index (κ2) is 6.07. The second-order valence-electron chi connectivity index (χ2n) is 8.19. The van der Waals surface area contributed by atoms with Crippen LogP contribution in [-0.4, -0.2) is 51.5 Å². The number of amides is 1. The highest BCUT2D eigenvalue weighted by molar-refractivity contribution is 5.82. The van der Waals surface area contributed by atoms with Gasteiger partial charge in [-0.25, -0.2) is 9.59 Å². The molecule has 128 valence electrons. The molecule has 0 aromatic carbocycles. The van der Waals surface area contributed by atoms with Crippen LogP contribution in [0.25, 0.3) is 0 Å². The molecule has 1 amide bonds. The number of rotatable bonds is 1. The number of nitrogens with zero attached hydrogens (tertiary/aromatic N) is 1. The Morgan fingerprint density at radius 2 is 1.59 bits per heavy atom. The summed E-state index contributed by atoms with van der Waals surface area (Å²) in [5.74, 6) is -0.464. The monoisotopic (exact) mass is 315 g/mol. The highest BCUT2D eigenvalue weighted by Crippen LogP contribution is 2.28. The maximum atomic E-state index is 12.4. The minimum Gasteiger partial charge on any atom is -0.458 e. The van der Waals surface area contributed by atoms with Crippen LogP contribution in [0.2, 0.25) is 0 Å². The predicted molar refractivity (Wildman–Crippen MR) is 82.4 cm³/mol. The van der Waals surface area contributed by atoms with Gasteiger partial charge in [0.25, 0.3) is 0 Å². The van der Waals surface area contributed by atoms with Crippen LogP contribution in [0.15, 0.2) is 0 Å². The molecule has 0 aromatic rings. The summed E-state index contributed by atoms with van der Waals surface area (Å²) in [5.41, 5.74) is -2.33. The fraction of sp³-hybridized carbons (Fsp3) is 0.875. The summed E-state index contributed by atoms with van der Waals surface area (Å²) < 4.78 is 10.7. The molecule has 2 atom stereocenters. The van der Waals surface area contributed by atoms with Crippen LogP contribution in [0, 0.1) is 0 Å². The van der Waals surface area contributed by atoms with Gasteiger partial charge in [-0.05, 0) is 61.3 Å². The molecule has 0 bridgehead atoms. The fourth-order valence-electron chi connectivity index (χ4n) is 2.29. The predicted octanol–water partition coefficient (Wildman–Crippen LogP) is 2.48. The van der Waals surface area contributed by atoms with E-state index in [9.17, 15) is 14.7 Å². The van der Waals surface area contributed by atoms with Crippen LogP contribution >= 0.6 is 0 Å². The van der Waals surface area contributed by atoms with Gasteiger partial charge in [0, 0.05) is 0 Å². The molecule has 1 rings (SSSR count). The molecule has 1 unspecified atom stereocenters. The molecular formula is C16H29NO5. The Bertz CT molecular complexity index is 431. The van der Waals surface area contributed by atoms with Gasteiger partial charge in [-0.1, -0.05) is 0 Å². The number of hydrogen-bond donors (Lipinski definition) is 1. The van der Waals surface area contributed by atoms with Crippen molar-refractivity contribution >= 4 is 12.1 Å². The molecule has 0 saturated carbocycles. The molecule has 0 radical (unpaired) electrons. The molecule has 22 heavy (non-hydrogen) atoms. The van der Waals surface area contributed by atoms with E-state index < -0.39 is 34.9 Å². The third-order valence-corrected chi connectivity index (χ3v) is 3.15. The molecule has 0 spiro atoms. The lowest BCUT2D eigenvalue weighted by atomic mass is 9.90. The topological polar surface area (TPSA) is 76.1 Å². The first kappa shape index (κ1) is 18.7. The van der Waals surface area contributed by atoms with Crippen LogP contribution < -0.4 is 0 Å². The van der Waals surface area contributed by atoms with E-state index in [4.69, 9.17) is 9.47 Å². The number of β-amino-alcohol motifs (C(OH)–C–C–N with tert-alkyl or cyclic N) is 1. The van der Waals surface area contributed by atoms with E-state index in [0.29, 0.717) is 12.8 Å². The third-order valence-electron chi connectivity index (χ3n) is 3.15. The van der Waals surface area contributed by atoms with E-state index in [0.717, 1.165) is 0 Å². The Balaban J connectivity index is 2.93. The van der Waals surface area contributed by atoms with Gasteiger partial charge in [-0.2, -0.15) is 0 Å². The normalized spacial score (nSPS) is 26.5. The molecule has 1 saturated heterocycles. The number of esters is 1. The Kier molecular flexibility index (Phi) is 5.17. The number of carbonyl (C=O) groups excluding carboxylic acids is 2. The third kappa shape index (κ3) is 5.83. The molecule has 1 heterocycles. The standard InChI is InChI=1S/C16H29NO5/c1-14(2,3)21-12(18)11-8-9-16(7,20)10-17(11)13(19)22-15(4,5)6/h11,20H,8-10H2,1-7H3/t11?,16-/m1/s1. The zero-order chi connectivity index (χ0) is 17.3. The lowest BCUT2D eigenvalue weighted by Gasteiger charge is -2.42. The summed E-state index contributed by atoms with van der Waals surface area (Å²) in [7, 11) is 0. The summed E-state index contributed by atoms with van der Waals surface area (Å²) in [5, 5.41) is 10.2. The Hall–Kier alpha value is -1.30. The van der Waals surface area contributed by atoms with E-state index in [1.54, 1.807) is 48.5 Å². The van der Waals surface area contributed by atoms with Gasteiger partial charge < -0.3 is 14.6 Å². The molecule has 6 nitrogen and oxygen atoms in total. The van der Waals surface area contributed by atoms with Crippen molar-refractivity contribution in [3.8, 4) is 0 Å². The summed E-state index contributed by atoms with van der Waals surface area (Å²) in [4.78, 5) is 26.0. The highest BCUT2D eigenvalue weighted by atomic mass is 16.6. The molecule has 1 N–H and O–H groups in total. The Morgan fingerprint density at radius 3 is 2.05 bits per heavy atom. The van der Waals surface area contributed by atoms with Crippen molar-refractivity contribution in [2.24, 2.45) is 0 Å². The first-order valence-corrected chi connectivity index (χ1v) is 7.65. The van der Waals surface area contributed by atoms with E-state index in [1.807, 2.05) is 0 Å². The number of carbonyl (C=O) groups is 2. The minimum absolute atomic E-state index is 0.0474. The molecule has 1 fully saturated rings. The zero-order valence-electron chi connectivity index (χ0n) is 14.7. The lowest BCUT2D eigenvalue weighted by molar-refractivity contribution is -0.165. The van der Waals surface area contributed by atoms with Crippen LogP contribution in [0.3, 0.4) is 0 Å². The largest absolute Gasteiger partial charge is 0.458 e. The van der Waals surface area contributed by atoms with E-state index in [2.05, 4.69) is 0 Å². The quantitative estimate of drug-likeness (QED) is 0.752. The molecule has 0 aromatic heterocycles. The van der Waals surface area contributed by atoms with Gasteiger partial charge in [0.05, 0.1) is 12.1 Å². The molecule has 0 aliphatic carbocycles. The summed E-state index contributed by atoms with van der Waals surface area (Å²) in [6, 6.07) is -0.728. The van der Waals surface area contributed by atoms with Crippen LogP contribution in [0.5, 0.6) is 0 Å². The first-order chi connectivity index (χ1) is 9.70. The van der Waals surface area contributed by atoms with Gasteiger partial charge >= 0.3 is 12.1 Å². The first-order valence-electron chi connectivity index (χ1n) is 7.65. The van der Waals surface area contributed by atoms with Crippen LogP contribution in [-0.2, 0) is 14.3 Å². The van der Waals surface area contributed by atoms with Crippen molar-refractivity contribution < 1.29 is 24.2 Å². The summed E-state index contributed by atoms with van der Waals surface area (Å²) >= 11 is 0. The maximum Gasteiger partial charge on any atom is 0.411 e. The van der Waals surface area contributed by atoms with Crippen molar-refractivity contribution in [2.75, 3.05) is 6.54 Å². The highest BCUT2D eigenvalue weighted by Gasteiger charge is 2.43. The van der Waals surface area contributed by atoms with Gasteiger partial charge in [-0.15, -0.1) is 0 Å². The Morgan fingerprint density at radius 1 is 1.09 bits per heavy atom. The minimum atomic E-state index is -1.03. The number of likely N-dealkylation sites (tertiary alicyclic amines) is 1. The molecule has 1 aliphatic heterocycles. The Labute approximate surface area is 132 Å². The SMILES string of the molecule is CC(C)(C)OC(=O)C1CC[C@@](C)(O)CN1C(=O)OC(C)(C)C. The van der Waals surface area contributed by atoms with Crippen molar-refractivity contribution in [1.82, 2.24) is 4.90 Å². The average Bonchev–Trinajstić information content (AvgIpc) is 2.22. The van der Waals surface area contributed by atoms with Crippen LogP contribution in [0.1, 0.15) is 61.3 Å². The maximum absolute atomic E-state index is 12.4. The molecular weight excluding hydrogens is 286 g/mol. The van der Waals surface area contributed by atoms with Crippen molar-refractivity contribution in [1.29, 1.82) is 0 Å². The lowest BCUT2D eigenvalue weighted by Crippen LogP contribution is -2.58. The average molecular weight is 315 g/mol. The van der Waals surface area contributed by atoms with Crippen molar-refractivity contribution in [2.45, 2.75) is 84.2 Å². The van der Waals surface area contributed by atoms with Gasteiger partial charge in [0.1, 0.15) is 17.2 Å².